The van der Waals surface area contributed by atoms with E-state index in [1.165, 1.54) is 0 Å². The highest BCUT2D eigenvalue weighted by molar-refractivity contribution is 6.09. The van der Waals surface area contributed by atoms with Gasteiger partial charge in [-0.15, -0.1) is 0 Å². The fraction of sp³-hybridized carbons (Fsp3) is 0.294. The van der Waals surface area contributed by atoms with Crippen LogP contribution in [0.25, 0.3) is 0 Å². The molecule has 3 rings (SSSR count). The van der Waals surface area contributed by atoms with Crippen LogP contribution >= 0.6 is 0 Å². The molecule has 0 saturated carbocycles. The highest BCUT2D eigenvalue weighted by atomic mass is 16.1. The number of nitrogens with zero attached hydrogens (tertiary/aromatic N) is 2. The summed E-state index contributed by atoms with van der Waals surface area (Å²) in [4.78, 5) is 17.3. The summed E-state index contributed by atoms with van der Waals surface area (Å²) < 4.78 is 2.03. The van der Waals surface area contributed by atoms with Gasteiger partial charge in [0.15, 0.2) is 5.43 Å². The van der Waals surface area contributed by atoms with E-state index < -0.39 is 0 Å². The van der Waals surface area contributed by atoms with Crippen LogP contribution in [0.15, 0.2) is 40.1 Å². The Labute approximate surface area is 118 Å². The number of pyridine rings is 1. The van der Waals surface area contributed by atoms with Crippen molar-refractivity contribution in [3.05, 3.63) is 62.9 Å². The lowest BCUT2D eigenvalue weighted by atomic mass is 9.93. The van der Waals surface area contributed by atoms with E-state index in [-0.39, 0.29) is 11.3 Å². The average molecular weight is 266 g/mol. The Balaban J connectivity index is 2.25. The Hall–Kier alpha value is -2.16. The van der Waals surface area contributed by atoms with Gasteiger partial charge in [0.05, 0.1) is 11.3 Å². The maximum absolute atomic E-state index is 12.5. The summed E-state index contributed by atoms with van der Waals surface area (Å²) >= 11 is 0. The normalized spacial score (nSPS) is 17.0. The van der Waals surface area contributed by atoms with Crippen LogP contribution in [0.5, 0.6) is 0 Å². The van der Waals surface area contributed by atoms with Gasteiger partial charge in [0, 0.05) is 24.2 Å². The van der Waals surface area contributed by atoms with Gasteiger partial charge in [-0.2, -0.15) is 0 Å². The summed E-state index contributed by atoms with van der Waals surface area (Å²) in [6.07, 6.45) is 0. The van der Waals surface area contributed by atoms with E-state index in [1.807, 2.05) is 55.8 Å². The molecule has 2 aromatic rings. The SMILES string of the molecule is Cc1c(C)n(C)c2c(c1=O)C(C)C(c1ccccc1)=N2. The standard InChI is InChI=1S/C17H18N2O/c1-10-12(3)19(4)17-14(16(10)20)11(2)15(18-17)13-8-6-5-7-9-13/h5-9,11H,1-4H3. The van der Waals surface area contributed by atoms with Crippen LogP contribution in [0.2, 0.25) is 0 Å². The summed E-state index contributed by atoms with van der Waals surface area (Å²) in [5, 5.41) is 0. The first-order valence-electron chi connectivity index (χ1n) is 6.86. The number of fused-ring (bicyclic) bond motifs is 1. The lowest BCUT2D eigenvalue weighted by Gasteiger charge is -2.13. The van der Waals surface area contributed by atoms with Crippen LogP contribution in [0.1, 0.15) is 35.2 Å². The molecule has 1 aliphatic heterocycles. The molecule has 3 heteroatoms. The van der Waals surface area contributed by atoms with Crippen molar-refractivity contribution in [1.82, 2.24) is 4.57 Å². The van der Waals surface area contributed by atoms with Crippen LogP contribution in [0.4, 0.5) is 5.82 Å². The van der Waals surface area contributed by atoms with E-state index in [4.69, 9.17) is 4.99 Å². The third kappa shape index (κ3) is 1.66. The third-order valence-corrected chi connectivity index (χ3v) is 4.33. The fourth-order valence-corrected chi connectivity index (χ4v) is 2.86. The maximum Gasteiger partial charge on any atom is 0.190 e. The molecule has 20 heavy (non-hydrogen) atoms. The van der Waals surface area contributed by atoms with Crippen LogP contribution in [-0.4, -0.2) is 10.3 Å². The molecule has 1 aromatic heterocycles. The van der Waals surface area contributed by atoms with E-state index in [0.29, 0.717) is 0 Å². The monoisotopic (exact) mass is 266 g/mol. The van der Waals surface area contributed by atoms with Crippen molar-refractivity contribution < 1.29 is 0 Å². The smallest absolute Gasteiger partial charge is 0.190 e. The van der Waals surface area contributed by atoms with E-state index in [9.17, 15) is 4.79 Å². The molecule has 1 aliphatic rings. The van der Waals surface area contributed by atoms with Gasteiger partial charge in [-0.3, -0.25) is 4.79 Å². The molecule has 0 aliphatic carbocycles. The Morgan fingerprint density at radius 3 is 2.45 bits per heavy atom. The third-order valence-electron chi connectivity index (χ3n) is 4.33. The lowest BCUT2D eigenvalue weighted by molar-refractivity contribution is 0.829. The highest BCUT2D eigenvalue weighted by Gasteiger charge is 2.30. The number of aromatic nitrogens is 1. The number of hydrogen-bond donors (Lipinski definition) is 0. The Kier molecular flexibility index (Phi) is 2.85. The molecule has 0 fully saturated rings. The van der Waals surface area contributed by atoms with Crippen LogP contribution < -0.4 is 5.43 Å². The van der Waals surface area contributed by atoms with Crippen molar-refractivity contribution in [2.24, 2.45) is 12.0 Å². The van der Waals surface area contributed by atoms with Gasteiger partial charge in [-0.1, -0.05) is 37.3 Å². The van der Waals surface area contributed by atoms with Crippen LogP contribution in [0.3, 0.4) is 0 Å². The van der Waals surface area contributed by atoms with Crippen LogP contribution in [-0.2, 0) is 7.05 Å². The van der Waals surface area contributed by atoms with Crippen molar-refractivity contribution >= 4 is 11.5 Å². The zero-order valence-electron chi connectivity index (χ0n) is 12.3. The zero-order chi connectivity index (χ0) is 14.4. The molecule has 3 nitrogen and oxygen atoms in total. The first kappa shape index (κ1) is 12.9. The predicted molar refractivity (Wildman–Crippen MR) is 82.2 cm³/mol. The van der Waals surface area contributed by atoms with Gasteiger partial charge in [0.25, 0.3) is 0 Å². The van der Waals surface area contributed by atoms with E-state index in [2.05, 4.69) is 6.92 Å². The summed E-state index contributed by atoms with van der Waals surface area (Å²) in [7, 11) is 1.98. The Morgan fingerprint density at radius 1 is 1.15 bits per heavy atom. The molecule has 0 spiro atoms. The summed E-state index contributed by atoms with van der Waals surface area (Å²) in [6.45, 7) is 5.93. The minimum Gasteiger partial charge on any atom is -0.333 e. The molecule has 0 saturated heterocycles. The zero-order valence-corrected chi connectivity index (χ0v) is 12.3. The van der Waals surface area contributed by atoms with Crippen LogP contribution in [0, 0.1) is 13.8 Å². The Morgan fingerprint density at radius 2 is 1.80 bits per heavy atom. The van der Waals surface area contributed by atoms with Crippen molar-refractivity contribution in [3.8, 4) is 0 Å². The summed E-state index contributed by atoms with van der Waals surface area (Å²) in [6, 6.07) is 10.1. The van der Waals surface area contributed by atoms with Gasteiger partial charge in [-0.05, 0) is 19.4 Å². The first-order valence-corrected chi connectivity index (χ1v) is 6.86. The van der Waals surface area contributed by atoms with E-state index >= 15 is 0 Å². The number of rotatable bonds is 1. The summed E-state index contributed by atoms with van der Waals surface area (Å²) in [5.41, 5.74) is 4.85. The Bertz CT molecular complexity index is 770. The van der Waals surface area contributed by atoms with Gasteiger partial charge >= 0.3 is 0 Å². The molecule has 0 bridgehead atoms. The van der Waals surface area contributed by atoms with E-state index in [0.717, 1.165) is 33.9 Å². The first-order chi connectivity index (χ1) is 9.52. The number of aliphatic imine (C=N–C) groups is 1. The minimum atomic E-state index is 0.0467. The molecule has 0 radical (unpaired) electrons. The van der Waals surface area contributed by atoms with E-state index in [1.54, 1.807) is 0 Å². The number of benzene rings is 1. The highest BCUT2D eigenvalue weighted by Crippen LogP contribution is 2.35. The molecule has 2 heterocycles. The molecule has 1 atom stereocenters. The molecular formula is C17H18N2O. The molecule has 1 aromatic carbocycles. The lowest BCUT2D eigenvalue weighted by Crippen LogP contribution is -2.20. The molecule has 0 amide bonds. The quantitative estimate of drug-likeness (QED) is 0.780. The summed E-state index contributed by atoms with van der Waals surface area (Å²) in [5.74, 6) is 0.856. The molecular weight excluding hydrogens is 248 g/mol. The topological polar surface area (TPSA) is 34.4 Å². The van der Waals surface area contributed by atoms with Gasteiger partial charge in [0.2, 0.25) is 0 Å². The molecule has 0 N–H and O–H groups in total. The average Bonchev–Trinajstić information content (AvgIpc) is 2.81. The molecule has 102 valence electrons. The van der Waals surface area contributed by atoms with Crippen molar-refractivity contribution in [2.75, 3.05) is 0 Å². The van der Waals surface area contributed by atoms with Crippen molar-refractivity contribution in [1.29, 1.82) is 0 Å². The minimum absolute atomic E-state index is 0.0467. The molecule has 1 unspecified atom stereocenters. The van der Waals surface area contributed by atoms with Gasteiger partial charge in [-0.25, -0.2) is 4.99 Å². The largest absolute Gasteiger partial charge is 0.333 e. The van der Waals surface area contributed by atoms with Gasteiger partial charge < -0.3 is 4.57 Å². The van der Waals surface area contributed by atoms with Crippen molar-refractivity contribution in [2.45, 2.75) is 26.7 Å². The number of hydrogen-bond acceptors (Lipinski definition) is 2. The second-order valence-electron chi connectivity index (χ2n) is 5.42. The predicted octanol–water partition coefficient (Wildman–Crippen LogP) is 3.24. The van der Waals surface area contributed by atoms with Crippen molar-refractivity contribution in [3.63, 3.8) is 0 Å². The van der Waals surface area contributed by atoms with Gasteiger partial charge in [0.1, 0.15) is 5.82 Å². The second kappa shape index (κ2) is 4.44. The second-order valence-corrected chi connectivity index (χ2v) is 5.42. The fourth-order valence-electron chi connectivity index (χ4n) is 2.86. The maximum atomic E-state index is 12.5.